The van der Waals surface area contributed by atoms with Gasteiger partial charge in [-0.2, -0.15) is 0 Å². The number of hydrogen-bond donors (Lipinski definition) is 0. The molecule has 186 valence electrons. The molecule has 2 heteroatoms. The molecular weight excluding hydrogens is 482 g/mol. The van der Waals surface area contributed by atoms with Gasteiger partial charge in [-0.3, -0.25) is 0 Å². The molecule has 0 aliphatic carbocycles. The molecular formula is C35H36P2. The normalized spacial score (nSPS) is 12.1. The third-order valence-corrected chi connectivity index (χ3v) is 15.6. The van der Waals surface area contributed by atoms with Crippen molar-refractivity contribution < 1.29 is 0 Å². The van der Waals surface area contributed by atoms with E-state index in [2.05, 4.69) is 156 Å². The predicted octanol–water partition coefficient (Wildman–Crippen LogP) is 6.33. The van der Waals surface area contributed by atoms with Gasteiger partial charge in [0.1, 0.15) is 0 Å². The molecule has 0 radical (unpaired) electrons. The molecule has 0 unspecified atom stereocenters. The third-order valence-electron chi connectivity index (χ3n) is 7.76. The molecule has 0 bridgehead atoms. The Morgan fingerprint density at radius 3 is 1.11 bits per heavy atom. The molecule has 0 heterocycles. The second-order valence-corrected chi connectivity index (χ2v) is 16.2. The number of benzene rings is 5. The Balaban J connectivity index is 1.88. The van der Waals surface area contributed by atoms with Gasteiger partial charge in [-0.15, -0.1) is 0 Å². The van der Waals surface area contributed by atoms with Crippen LogP contribution in [0.2, 0.25) is 0 Å². The van der Waals surface area contributed by atoms with Crippen molar-refractivity contribution in [2.45, 2.75) is 27.7 Å². The number of aryl methyl sites for hydroxylation is 4. The van der Waals surface area contributed by atoms with Gasteiger partial charge >= 0.3 is 225 Å². The Bertz CT molecular complexity index is 1460. The topological polar surface area (TPSA) is 0 Å². The van der Waals surface area contributed by atoms with Crippen LogP contribution in [-0.2, 0) is 0 Å². The maximum atomic E-state index is 2.57. The fourth-order valence-corrected chi connectivity index (χ4v) is 14.0. The first-order valence-electron chi connectivity index (χ1n) is 13.1. The second kappa shape index (κ2) is 10.8. The molecule has 5 rings (SSSR count). The monoisotopic (exact) mass is 518 g/mol. The van der Waals surface area contributed by atoms with Crippen LogP contribution in [-0.4, -0.2) is 6.66 Å². The fraction of sp³-hybridized carbons (Fsp3) is 0.143. The van der Waals surface area contributed by atoms with Crippen LogP contribution in [0.15, 0.2) is 121 Å². The summed E-state index contributed by atoms with van der Waals surface area (Å²) < 4.78 is 0. The summed E-state index contributed by atoms with van der Waals surface area (Å²) in [4.78, 5) is 0. The summed E-state index contributed by atoms with van der Waals surface area (Å²) >= 11 is 0. The molecule has 0 atom stereocenters. The van der Waals surface area contributed by atoms with E-state index in [-0.39, 0.29) is 0 Å². The van der Waals surface area contributed by atoms with Crippen LogP contribution in [0.3, 0.4) is 0 Å². The molecule has 0 nitrogen and oxygen atoms in total. The zero-order valence-electron chi connectivity index (χ0n) is 22.5. The van der Waals surface area contributed by atoms with Crippen molar-refractivity contribution in [2.24, 2.45) is 0 Å². The van der Waals surface area contributed by atoms with Crippen LogP contribution in [0.5, 0.6) is 0 Å². The molecule has 0 amide bonds. The first-order valence-corrected chi connectivity index (χ1v) is 16.9. The van der Waals surface area contributed by atoms with E-state index in [0.717, 1.165) is 0 Å². The van der Waals surface area contributed by atoms with Crippen molar-refractivity contribution >= 4 is 47.0 Å². The molecule has 0 aliphatic heterocycles. The summed E-state index contributed by atoms with van der Waals surface area (Å²) in [5.74, 6) is 0. The third kappa shape index (κ3) is 4.70. The van der Waals surface area contributed by atoms with Crippen molar-refractivity contribution in [3.63, 3.8) is 0 Å². The van der Waals surface area contributed by atoms with Gasteiger partial charge in [0.25, 0.3) is 0 Å². The van der Waals surface area contributed by atoms with Gasteiger partial charge in [0.2, 0.25) is 0 Å². The van der Waals surface area contributed by atoms with E-state index in [1.54, 1.807) is 0 Å². The van der Waals surface area contributed by atoms with Crippen molar-refractivity contribution in [1.29, 1.82) is 0 Å². The van der Waals surface area contributed by atoms with Gasteiger partial charge in [0.15, 0.2) is 0 Å². The fourth-order valence-electron chi connectivity index (χ4n) is 5.81. The van der Waals surface area contributed by atoms with Crippen molar-refractivity contribution in [3.8, 4) is 0 Å². The number of rotatable bonds is 6. The van der Waals surface area contributed by atoms with Gasteiger partial charge < -0.3 is 0 Å². The first-order chi connectivity index (χ1) is 17.9. The molecule has 0 saturated carbocycles. The Morgan fingerprint density at radius 2 is 0.703 bits per heavy atom. The minimum absolute atomic E-state index is 0.738. The Labute approximate surface area is 224 Å². The summed E-state index contributed by atoms with van der Waals surface area (Å²) in [6, 6.07) is 45.5. The van der Waals surface area contributed by atoms with Crippen molar-refractivity contribution in [2.75, 3.05) is 6.66 Å². The summed E-state index contributed by atoms with van der Waals surface area (Å²) in [5, 5.41) is 8.91. The van der Waals surface area contributed by atoms with Crippen molar-refractivity contribution in [1.82, 2.24) is 0 Å². The summed E-state index contributed by atoms with van der Waals surface area (Å²) in [7, 11) is -3.10. The molecule has 5 aromatic carbocycles. The van der Waals surface area contributed by atoms with Crippen molar-refractivity contribution in [3.05, 3.63) is 144 Å². The molecule has 37 heavy (non-hydrogen) atoms. The van der Waals surface area contributed by atoms with Gasteiger partial charge in [-0.25, -0.2) is 0 Å². The summed E-state index contributed by atoms with van der Waals surface area (Å²) in [6.07, 6.45) is 0. The van der Waals surface area contributed by atoms with Gasteiger partial charge in [0, 0.05) is 0 Å². The quantitative estimate of drug-likeness (QED) is 0.230. The van der Waals surface area contributed by atoms with E-state index in [1.807, 2.05) is 0 Å². The van der Waals surface area contributed by atoms with Crippen LogP contribution < -0.4 is 31.8 Å². The Kier molecular flexibility index (Phi) is 7.44. The summed E-state index contributed by atoms with van der Waals surface area (Å²) in [5.41, 5.74) is 5.49. The Morgan fingerprint density at radius 1 is 0.378 bits per heavy atom. The predicted molar refractivity (Wildman–Crippen MR) is 170 cm³/mol. The molecule has 5 aromatic rings. The first kappa shape index (κ1) is 25.6. The SMILES string of the molecule is Cc1ccccc1P(c1ccccc1C)c1ccccc1[PH](C)(c1ccccc1C)c1ccccc1C. The minimum atomic E-state index is -2.36. The summed E-state index contributed by atoms with van der Waals surface area (Å²) in [6.45, 7) is 11.7. The van der Waals surface area contributed by atoms with Gasteiger partial charge in [0.05, 0.1) is 0 Å². The Hall–Kier alpha value is -3.04. The van der Waals surface area contributed by atoms with Crippen LogP contribution >= 0.6 is 15.2 Å². The van der Waals surface area contributed by atoms with E-state index >= 15 is 0 Å². The molecule has 0 spiro atoms. The molecule has 0 N–H and O–H groups in total. The van der Waals surface area contributed by atoms with Crippen LogP contribution in [0.25, 0.3) is 0 Å². The van der Waals surface area contributed by atoms with E-state index < -0.39 is 15.2 Å². The van der Waals surface area contributed by atoms with Crippen LogP contribution in [0.1, 0.15) is 22.3 Å². The van der Waals surface area contributed by atoms with E-state index in [9.17, 15) is 0 Å². The number of hydrogen-bond acceptors (Lipinski definition) is 0. The molecule has 0 aromatic heterocycles. The zero-order valence-corrected chi connectivity index (χ0v) is 24.4. The van der Waals surface area contributed by atoms with Crippen LogP contribution in [0, 0.1) is 27.7 Å². The zero-order chi connectivity index (χ0) is 26.0. The second-order valence-electron chi connectivity index (χ2n) is 10.2. The maximum absolute atomic E-state index is 2.57. The van der Waals surface area contributed by atoms with Crippen LogP contribution in [0.4, 0.5) is 0 Å². The molecule has 0 fully saturated rings. The van der Waals surface area contributed by atoms with E-state index in [1.165, 1.54) is 54.1 Å². The molecule has 0 saturated heterocycles. The average Bonchev–Trinajstić information content (AvgIpc) is 2.91. The van der Waals surface area contributed by atoms with Gasteiger partial charge in [-0.1, -0.05) is 0 Å². The molecule has 0 aliphatic rings. The standard InChI is InChI=1S/C35H36P2/c1-26-16-6-10-20-30(26)36(31-21-11-7-17-27(31)2)32-22-12-15-25-35(32)37(5,33-23-13-8-18-28(33)3)34-24-14-9-19-29(34)4/h6-25,37H,1-5H3. The van der Waals surface area contributed by atoms with E-state index in [0.29, 0.717) is 0 Å². The average molecular weight is 519 g/mol. The van der Waals surface area contributed by atoms with Gasteiger partial charge in [-0.05, 0) is 0 Å². The van der Waals surface area contributed by atoms with E-state index in [4.69, 9.17) is 0 Å².